The normalized spacial score (nSPS) is 18.2. The molecule has 1 aliphatic carbocycles. The van der Waals surface area contributed by atoms with Crippen LogP contribution in [0.15, 0.2) is 48.1 Å². The number of aryl methyl sites for hydroxylation is 1. The minimum Gasteiger partial charge on any atom is -0.495 e. The number of halogens is 3. The summed E-state index contributed by atoms with van der Waals surface area (Å²) in [5.41, 5.74) is 2.30. The van der Waals surface area contributed by atoms with Crippen LogP contribution in [0.1, 0.15) is 54.7 Å². The van der Waals surface area contributed by atoms with Gasteiger partial charge in [-0.25, -0.2) is 18.7 Å². The highest BCUT2D eigenvalue weighted by Crippen LogP contribution is 2.41. The molecule has 384 valence electrons. The molecule has 4 heterocycles. The number of amides is 4. The summed E-state index contributed by atoms with van der Waals surface area (Å²) < 4.78 is 46.4. The van der Waals surface area contributed by atoms with E-state index < -0.39 is 52.1 Å². The lowest BCUT2D eigenvalue weighted by atomic mass is 10.00. The zero-order valence-electron chi connectivity index (χ0n) is 40.4. The molecule has 2 aromatic heterocycles. The van der Waals surface area contributed by atoms with Crippen LogP contribution in [-0.4, -0.2) is 173 Å². The number of anilines is 3. The van der Waals surface area contributed by atoms with Crippen LogP contribution in [0.2, 0.25) is 5.02 Å². The lowest BCUT2D eigenvalue weighted by Crippen LogP contribution is -2.61. The van der Waals surface area contributed by atoms with Crippen LogP contribution in [0, 0.1) is 12.7 Å². The summed E-state index contributed by atoms with van der Waals surface area (Å²) in [6, 6.07) is 7.54. The van der Waals surface area contributed by atoms with Gasteiger partial charge in [0.15, 0.2) is 5.67 Å². The highest BCUT2D eigenvalue weighted by atomic mass is 35.5. The maximum absolute atomic E-state index is 15.1. The Hall–Kier alpha value is -5.23. The Morgan fingerprint density at radius 1 is 1.04 bits per heavy atom. The first-order valence-electron chi connectivity index (χ1n) is 23.4. The second-order valence-electron chi connectivity index (χ2n) is 18.1. The molecular weight excluding hydrogens is 982 g/mol. The van der Waals surface area contributed by atoms with Crippen molar-refractivity contribution in [3.8, 4) is 16.2 Å². The number of rotatable bonds is 23. The topological polar surface area (TPSA) is 213 Å². The van der Waals surface area contributed by atoms with E-state index in [1.807, 2.05) is 4.90 Å². The van der Waals surface area contributed by atoms with Crippen molar-refractivity contribution < 1.29 is 47.3 Å². The number of piperazine rings is 1. The fourth-order valence-corrected chi connectivity index (χ4v) is 10.4. The fraction of sp³-hybridized carbons (Fsp3) is 0.521. The van der Waals surface area contributed by atoms with Crippen molar-refractivity contribution >= 4 is 75.8 Å². The number of hydrogen-bond donors (Lipinski definition) is 5. The summed E-state index contributed by atoms with van der Waals surface area (Å²) >= 11 is 8.79. The largest absolute Gasteiger partial charge is 0.495 e. The van der Waals surface area contributed by atoms with Crippen LogP contribution in [0.3, 0.4) is 0 Å². The van der Waals surface area contributed by atoms with E-state index in [0.717, 1.165) is 0 Å². The molecule has 0 bridgehead atoms. The number of alkyl halides is 1. The number of benzene rings is 2. The Labute approximate surface area is 424 Å². The zero-order valence-corrected chi connectivity index (χ0v) is 42.8. The number of aliphatic hydroxyl groups is 1. The number of ether oxygens (including phenoxy) is 3. The molecule has 2 aliphatic heterocycles. The predicted molar refractivity (Wildman–Crippen MR) is 269 cm³/mol. The number of β-amino-alcohol motifs (C(OH)–C–C–N with tert-alkyl or cyclic N) is 1. The summed E-state index contributed by atoms with van der Waals surface area (Å²) in [6.45, 7) is 9.74. The van der Waals surface area contributed by atoms with Gasteiger partial charge in [-0.1, -0.05) is 23.7 Å². The number of carbonyl (C=O) groups excluding carboxylic acids is 4. The Morgan fingerprint density at radius 3 is 2.46 bits per heavy atom. The van der Waals surface area contributed by atoms with E-state index in [0.29, 0.717) is 120 Å². The van der Waals surface area contributed by atoms with Gasteiger partial charge in [-0.05, 0) is 63.4 Å². The monoisotopic (exact) mass is 1040 g/mol. The lowest BCUT2D eigenvalue weighted by molar-refractivity contribution is -0.143. The molecule has 5 N–H and O–H groups in total. The quantitative estimate of drug-likeness (QED) is 0.0615. The second-order valence-corrected chi connectivity index (χ2v) is 21.1. The van der Waals surface area contributed by atoms with E-state index in [2.05, 4.69) is 41.1 Å². The highest BCUT2D eigenvalue weighted by molar-refractivity contribution is 8.00. The maximum Gasteiger partial charge on any atom is 0.258 e. The van der Waals surface area contributed by atoms with Crippen molar-refractivity contribution in [2.45, 2.75) is 75.2 Å². The van der Waals surface area contributed by atoms with Crippen LogP contribution in [0.5, 0.6) is 5.75 Å². The van der Waals surface area contributed by atoms with E-state index in [9.17, 15) is 24.3 Å². The molecule has 1 saturated carbocycles. The molecule has 1 unspecified atom stereocenters. The maximum atomic E-state index is 15.1. The first-order chi connectivity index (χ1) is 34.0. The summed E-state index contributed by atoms with van der Waals surface area (Å²) in [7, 11) is 3.24. The molecule has 2 saturated heterocycles. The van der Waals surface area contributed by atoms with Crippen LogP contribution in [0.4, 0.5) is 26.2 Å². The summed E-state index contributed by atoms with van der Waals surface area (Å²) in [4.78, 5) is 73.2. The molecule has 3 atom stereocenters. The lowest BCUT2D eigenvalue weighted by Gasteiger charge is -2.37. The molecule has 71 heavy (non-hydrogen) atoms. The second kappa shape index (κ2) is 24.0. The number of methoxy groups -OCH3 is 1. The molecular formula is C48H61ClF2N10O8S2. The van der Waals surface area contributed by atoms with Crippen molar-refractivity contribution in [3.63, 3.8) is 0 Å². The predicted octanol–water partition coefficient (Wildman–Crippen LogP) is 5.06. The third-order valence-corrected chi connectivity index (χ3v) is 15.2. The van der Waals surface area contributed by atoms with Crippen LogP contribution in [0.25, 0.3) is 10.4 Å². The molecule has 23 heteroatoms. The average molecular weight is 1040 g/mol. The van der Waals surface area contributed by atoms with Gasteiger partial charge in [0.1, 0.15) is 34.5 Å². The van der Waals surface area contributed by atoms with Crippen molar-refractivity contribution in [1.82, 2.24) is 40.3 Å². The van der Waals surface area contributed by atoms with Gasteiger partial charge < -0.3 is 50.4 Å². The first-order valence-corrected chi connectivity index (χ1v) is 25.7. The number of thiazole rings is 1. The Bertz CT molecular complexity index is 2530. The number of aromatic nitrogens is 3. The Balaban J connectivity index is 0.820. The van der Waals surface area contributed by atoms with Crippen LogP contribution in [-0.2, 0) is 30.4 Å². The standard InChI is InChI=1S/C48H61ClF2N10O8S2/c1-29-39(70-28-55-29)33-8-6-30(22-35(33)50)25-53-42(63)37-24-32(62)27-61(37)44(65)40(57-45(66)48(51)10-11-48)47(2,3)71-21-20-69-19-18-68-17-16-59-12-14-60(15-13-59)43(64)31-7-9-36(38(23-31)67-5)56-46-54-26-34(49)41(52-4)58-46/h6-9,22-23,26,28,32,37,40,62H,10-21,24-25,27H2,1-5H3,(H,53,63)(H,57,66)(H2,52,54,56,58)/t32-,37+,40?/m1/s1. The van der Waals surface area contributed by atoms with Crippen molar-refractivity contribution in [1.29, 1.82) is 0 Å². The van der Waals surface area contributed by atoms with Crippen LogP contribution < -0.4 is 26.0 Å². The molecule has 7 rings (SSSR count). The van der Waals surface area contributed by atoms with Crippen molar-refractivity contribution in [2.75, 3.05) is 96.2 Å². The number of carbonyl (C=O) groups is 4. The fourth-order valence-electron chi connectivity index (χ4n) is 8.29. The van der Waals surface area contributed by atoms with Crippen molar-refractivity contribution in [2.24, 2.45) is 0 Å². The van der Waals surface area contributed by atoms with Gasteiger partial charge in [-0.3, -0.25) is 24.1 Å². The average Bonchev–Trinajstić information content (AvgIpc) is 3.78. The molecule has 3 fully saturated rings. The number of nitrogens with one attached hydrogen (secondary N) is 4. The van der Waals surface area contributed by atoms with E-state index in [1.54, 1.807) is 63.7 Å². The molecule has 0 radical (unpaired) electrons. The van der Waals surface area contributed by atoms with Gasteiger partial charge in [0.05, 0.1) is 67.6 Å². The summed E-state index contributed by atoms with van der Waals surface area (Å²) in [5.74, 6) is -0.940. The third-order valence-electron chi connectivity index (χ3n) is 12.6. The molecule has 4 amide bonds. The Morgan fingerprint density at radius 2 is 1.79 bits per heavy atom. The number of nitrogens with zero attached hydrogens (tertiary/aromatic N) is 6. The molecule has 0 spiro atoms. The zero-order chi connectivity index (χ0) is 50.9. The number of hydrogen-bond acceptors (Lipinski definition) is 16. The van der Waals surface area contributed by atoms with Gasteiger partial charge in [0.25, 0.3) is 11.8 Å². The minimum atomic E-state index is -2.06. The highest BCUT2D eigenvalue weighted by Gasteiger charge is 2.54. The van der Waals surface area contributed by atoms with E-state index in [-0.39, 0.29) is 38.3 Å². The Kier molecular flexibility index (Phi) is 18.1. The molecule has 4 aromatic rings. The van der Waals surface area contributed by atoms with Crippen molar-refractivity contribution in [3.05, 3.63) is 75.8 Å². The summed E-state index contributed by atoms with van der Waals surface area (Å²) in [6.07, 6.45) is 0.532. The number of likely N-dealkylation sites (tertiary alicyclic amines) is 1. The molecule has 3 aliphatic rings. The van der Waals surface area contributed by atoms with Crippen LogP contribution >= 0.6 is 34.7 Å². The smallest absolute Gasteiger partial charge is 0.258 e. The SMILES string of the molecule is CNc1nc(Nc2ccc(C(=O)N3CCN(CCOCCOCCSC(C)(C)C(NC(=O)C4(F)CC4)C(=O)N4C[C@H](O)C[C@H]4C(=O)NCc4ccc(-c5scnc5C)c(F)c4)CC3)cc2OC)ncc1Cl. The first kappa shape index (κ1) is 53.6. The van der Waals surface area contributed by atoms with E-state index in [4.69, 9.17) is 25.8 Å². The third kappa shape index (κ3) is 13.6. The minimum absolute atomic E-state index is 0.0273. The van der Waals surface area contributed by atoms with Gasteiger partial charge in [0, 0.05) is 80.9 Å². The number of thioether (sulfide) groups is 1. The van der Waals surface area contributed by atoms with E-state index in [1.165, 1.54) is 47.4 Å². The van der Waals surface area contributed by atoms with E-state index >= 15 is 8.78 Å². The molecule has 2 aromatic carbocycles. The van der Waals surface area contributed by atoms with Gasteiger partial charge >= 0.3 is 0 Å². The number of aliphatic hydroxyl groups excluding tert-OH is 1. The van der Waals surface area contributed by atoms with Gasteiger partial charge in [-0.2, -0.15) is 16.7 Å². The molecule has 18 nitrogen and oxygen atoms in total. The van der Waals surface area contributed by atoms with Gasteiger partial charge in [0.2, 0.25) is 17.8 Å². The summed E-state index contributed by atoms with van der Waals surface area (Å²) in [5, 5.41) is 22.5. The van der Waals surface area contributed by atoms with Gasteiger partial charge in [-0.15, -0.1) is 11.3 Å².